The molecule has 2 amide bonds. The maximum Gasteiger partial charge on any atom is 0.408 e. The smallest absolute Gasteiger partial charge is 0.408 e. The van der Waals surface area contributed by atoms with Gasteiger partial charge in [-0.15, -0.1) is 0 Å². The number of benzene rings is 2. The molecular formula is C33H46N2O9. The standard InChI is InChI=1S/C33H46N2O9/c1-31(2,3)25(20-36)34-27(37)26(35-30(41)44-32(4,5)6)33(28(38)39,29(40)43-22-24-16-11-8-12-17-24)18-13-19-42-21-23-14-9-7-10-15-23/h7-12,14-17,25-26,36H,13,18-22H2,1-6H3,(H,34,37)(H,35,41)(H,38,39)/t25-,26+,33+/m1/s1. The van der Waals surface area contributed by atoms with E-state index >= 15 is 0 Å². The first kappa shape index (κ1) is 36.2. The molecule has 2 aromatic rings. The molecule has 0 aliphatic heterocycles. The molecule has 11 heteroatoms. The minimum absolute atomic E-state index is 0.0298. The quantitative estimate of drug-likeness (QED) is 0.131. The molecule has 44 heavy (non-hydrogen) atoms. The van der Waals surface area contributed by atoms with Crippen molar-refractivity contribution in [2.45, 2.75) is 85.3 Å². The number of carboxylic acid groups (broad SMARTS) is 1. The van der Waals surface area contributed by atoms with E-state index in [-0.39, 0.29) is 26.2 Å². The predicted molar refractivity (Wildman–Crippen MR) is 163 cm³/mol. The number of amides is 2. The Hall–Kier alpha value is -3.96. The Morgan fingerprint density at radius 2 is 1.36 bits per heavy atom. The van der Waals surface area contributed by atoms with Crippen LogP contribution in [0.5, 0.6) is 0 Å². The lowest BCUT2D eigenvalue weighted by Crippen LogP contribution is -2.65. The lowest BCUT2D eigenvalue weighted by molar-refractivity contribution is -0.175. The molecule has 0 unspecified atom stereocenters. The summed E-state index contributed by atoms with van der Waals surface area (Å²) >= 11 is 0. The number of hydrogen-bond acceptors (Lipinski definition) is 8. The number of rotatable bonds is 15. The molecule has 0 aromatic heterocycles. The van der Waals surface area contributed by atoms with E-state index in [0.717, 1.165) is 5.56 Å². The van der Waals surface area contributed by atoms with Crippen LogP contribution < -0.4 is 10.6 Å². The molecule has 11 nitrogen and oxygen atoms in total. The first-order valence-corrected chi connectivity index (χ1v) is 14.6. The second-order valence-electron chi connectivity index (χ2n) is 12.7. The molecule has 0 radical (unpaired) electrons. The van der Waals surface area contributed by atoms with Gasteiger partial charge in [0, 0.05) is 6.61 Å². The Morgan fingerprint density at radius 3 is 1.84 bits per heavy atom. The molecule has 0 saturated carbocycles. The third-order valence-corrected chi connectivity index (χ3v) is 6.89. The minimum Gasteiger partial charge on any atom is -0.480 e. The summed E-state index contributed by atoms with van der Waals surface area (Å²) in [5.41, 5.74) is -2.72. The SMILES string of the molecule is CC(C)(C)OC(=O)N[C@@H](C(=O)N[C@H](CO)C(C)(C)C)[C@@](CCCOCc1ccccc1)(C(=O)O)C(=O)OCc1ccccc1. The van der Waals surface area contributed by atoms with E-state index in [4.69, 9.17) is 14.2 Å². The van der Waals surface area contributed by atoms with Crippen LogP contribution >= 0.6 is 0 Å². The number of alkyl carbamates (subject to hydrolysis) is 1. The van der Waals surface area contributed by atoms with Gasteiger partial charge in [-0.3, -0.25) is 14.4 Å². The van der Waals surface area contributed by atoms with Crippen molar-refractivity contribution in [2.24, 2.45) is 10.8 Å². The number of carboxylic acids is 1. The van der Waals surface area contributed by atoms with Gasteiger partial charge in [0.1, 0.15) is 18.2 Å². The van der Waals surface area contributed by atoms with Crippen LogP contribution in [0.2, 0.25) is 0 Å². The van der Waals surface area contributed by atoms with Crippen molar-refractivity contribution in [1.82, 2.24) is 10.6 Å². The minimum atomic E-state index is -2.58. The van der Waals surface area contributed by atoms with Crippen LogP contribution in [-0.4, -0.2) is 65.1 Å². The van der Waals surface area contributed by atoms with Gasteiger partial charge >= 0.3 is 18.0 Å². The van der Waals surface area contributed by atoms with Crippen LogP contribution in [0, 0.1) is 10.8 Å². The fraction of sp³-hybridized carbons (Fsp3) is 0.515. The summed E-state index contributed by atoms with van der Waals surface area (Å²) in [5, 5.41) is 25.7. The van der Waals surface area contributed by atoms with Crippen LogP contribution in [0.1, 0.15) is 65.5 Å². The fourth-order valence-corrected chi connectivity index (χ4v) is 4.38. The van der Waals surface area contributed by atoms with Gasteiger partial charge in [-0.05, 0) is 50.2 Å². The molecule has 2 aromatic carbocycles. The molecule has 0 heterocycles. The zero-order valence-electron chi connectivity index (χ0n) is 26.4. The number of aliphatic hydroxyl groups is 1. The van der Waals surface area contributed by atoms with Crippen LogP contribution in [0.4, 0.5) is 4.79 Å². The molecule has 0 saturated heterocycles. The first-order chi connectivity index (χ1) is 20.6. The van der Waals surface area contributed by atoms with E-state index in [1.54, 1.807) is 71.9 Å². The summed E-state index contributed by atoms with van der Waals surface area (Å²) in [6, 6.07) is 15.2. The zero-order chi connectivity index (χ0) is 33.0. The Labute approximate surface area is 259 Å². The average molecular weight is 615 g/mol. The number of nitrogens with one attached hydrogen (secondary N) is 2. The summed E-state index contributed by atoms with van der Waals surface area (Å²) < 4.78 is 16.6. The molecule has 0 bridgehead atoms. The summed E-state index contributed by atoms with van der Waals surface area (Å²) in [7, 11) is 0. The molecule has 0 fully saturated rings. The Balaban J connectivity index is 2.49. The van der Waals surface area contributed by atoms with Crippen molar-refractivity contribution < 1.29 is 43.6 Å². The molecular weight excluding hydrogens is 568 g/mol. The van der Waals surface area contributed by atoms with Crippen LogP contribution in [0.15, 0.2) is 60.7 Å². The highest BCUT2D eigenvalue weighted by molar-refractivity contribution is 6.06. The number of ether oxygens (including phenoxy) is 3. The van der Waals surface area contributed by atoms with Crippen LogP contribution in [-0.2, 0) is 41.8 Å². The molecule has 2 rings (SSSR count). The number of carbonyl (C=O) groups is 4. The largest absolute Gasteiger partial charge is 0.480 e. The Morgan fingerprint density at radius 1 is 0.818 bits per heavy atom. The number of carbonyl (C=O) groups excluding carboxylic acids is 3. The number of aliphatic carboxylic acids is 1. The molecule has 242 valence electrons. The third-order valence-electron chi connectivity index (χ3n) is 6.89. The summed E-state index contributed by atoms with van der Waals surface area (Å²) in [4.78, 5) is 53.9. The van der Waals surface area contributed by atoms with E-state index in [1.807, 2.05) is 30.3 Å². The summed E-state index contributed by atoms with van der Waals surface area (Å²) in [6.45, 7) is 9.69. The van der Waals surface area contributed by atoms with E-state index in [0.29, 0.717) is 5.56 Å². The van der Waals surface area contributed by atoms with E-state index in [1.165, 1.54) is 0 Å². The highest BCUT2D eigenvalue weighted by Gasteiger charge is 2.58. The van der Waals surface area contributed by atoms with Gasteiger partial charge in [-0.1, -0.05) is 81.4 Å². The maximum atomic E-state index is 13.9. The average Bonchev–Trinajstić information content (AvgIpc) is 2.94. The lowest BCUT2D eigenvalue weighted by atomic mass is 9.75. The van der Waals surface area contributed by atoms with E-state index in [9.17, 15) is 29.4 Å². The predicted octanol–water partition coefficient (Wildman–Crippen LogP) is 4.21. The molecule has 0 aliphatic rings. The highest BCUT2D eigenvalue weighted by Crippen LogP contribution is 2.33. The maximum absolute atomic E-state index is 13.9. The second kappa shape index (κ2) is 16.2. The highest BCUT2D eigenvalue weighted by atomic mass is 16.6. The zero-order valence-corrected chi connectivity index (χ0v) is 26.4. The van der Waals surface area contributed by atoms with E-state index < -0.39 is 65.5 Å². The third kappa shape index (κ3) is 10.9. The molecule has 0 aliphatic carbocycles. The van der Waals surface area contributed by atoms with Crippen molar-refractivity contribution in [3.63, 3.8) is 0 Å². The van der Waals surface area contributed by atoms with Crippen molar-refractivity contribution in [3.05, 3.63) is 71.8 Å². The van der Waals surface area contributed by atoms with Gasteiger partial charge in [0.15, 0.2) is 5.41 Å². The summed E-state index contributed by atoms with van der Waals surface area (Å²) in [6.07, 6.45) is -1.49. The van der Waals surface area contributed by atoms with E-state index in [2.05, 4.69) is 10.6 Å². The molecule has 0 spiro atoms. The van der Waals surface area contributed by atoms with Gasteiger partial charge in [-0.2, -0.15) is 0 Å². The van der Waals surface area contributed by atoms with Crippen molar-refractivity contribution in [1.29, 1.82) is 0 Å². The van der Waals surface area contributed by atoms with Crippen LogP contribution in [0.25, 0.3) is 0 Å². The van der Waals surface area contributed by atoms with Gasteiger partial charge < -0.3 is 35.1 Å². The molecule has 3 atom stereocenters. The normalized spacial score (nSPS) is 14.4. The first-order valence-electron chi connectivity index (χ1n) is 14.6. The lowest BCUT2D eigenvalue weighted by Gasteiger charge is -2.37. The molecule has 4 N–H and O–H groups in total. The van der Waals surface area contributed by atoms with Crippen molar-refractivity contribution in [2.75, 3.05) is 13.2 Å². The Kier molecular flexibility index (Phi) is 13.3. The summed E-state index contributed by atoms with van der Waals surface area (Å²) in [5.74, 6) is -3.88. The Bertz CT molecular complexity index is 1220. The number of esters is 1. The van der Waals surface area contributed by atoms with Crippen molar-refractivity contribution >= 4 is 23.9 Å². The van der Waals surface area contributed by atoms with Gasteiger partial charge in [0.2, 0.25) is 5.91 Å². The second-order valence-corrected chi connectivity index (χ2v) is 12.7. The monoisotopic (exact) mass is 614 g/mol. The number of aliphatic hydroxyl groups excluding tert-OH is 1. The van der Waals surface area contributed by atoms with Gasteiger partial charge in [0.25, 0.3) is 0 Å². The number of hydrogen-bond donors (Lipinski definition) is 4. The van der Waals surface area contributed by atoms with Gasteiger partial charge in [-0.25, -0.2) is 4.79 Å². The topological polar surface area (TPSA) is 160 Å². The van der Waals surface area contributed by atoms with Crippen molar-refractivity contribution in [3.8, 4) is 0 Å². The van der Waals surface area contributed by atoms with Gasteiger partial charge in [0.05, 0.1) is 19.3 Å². The fourth-order valence-electron chi connectivity index (χ4n) is 4.38. The van der Waals surface area contributed by atoms with Crippen LogP contribution in [0.3, 0.4) is 0 Å².